The van der Waals surface area contributed by atoms with Gasteiger partial charge in [-0.05, 0) is 12.1 Å². The molecule has 1 aromatic carbocycles. The molecule has 0 saturated carbocycles. The number of aromatic nitrogens is 3. The lowest BCUT2D eigenvalue weighted by atomic mass is 10.2. The van der Waals surface area contributed by atoms with Gasteiger partial charge in [0, 0.05) is 12.3 Å². The second-order valence-corrected chi connectivity index (χ2v) is 3.60. The summed E-state index contributed by atoms with van der Waals surface area (Å²) in [5, 5.41) is 10.0. The minimum Gasteiger partial charge on any atom is -0.497 e. The highest BCUT2D eigenvalue weighted by atomic mass is 16.5. The molecule has 7 nitrogen and oxygen atoms in total. The third kappa shape index (κ3) is 2.76. The Morgan fingerprint density at radius 3 is 3.06 bits per heavy atom. The molecule has 0 fully saturated rings. The van der Waals surface area contributed by atoms with Gasteiger partial charge in [0.1, 0.15) is 12.3 Å². The molecule has 18 heavy (non-hydrogen) atoms. The van der Waals surface area contributed by atoms with Crippen molar-refractivity contribution in [2.45, 2.75) is 6.54 Å². The SMILES string of the molecule is COc1ccc(N)c(NC(=O)Cn2ccnn2)c1. The largest absolute Gasteiger partial charge is 0.497 e. The molecule has 2 rings (SSSR count). The molecule has 0 aliphatic heterocycles. The molecule has 7 heteroatoms. The van der Waals surface area contributed by atoms with Crippen LogP contribution in [0.5, 0.6) is 5.75 Å². The number of amides is 1. The van der Waals surface area contributed by atoms with E-state index in [1.807, 2.05) is 0 Å². The van der Waals surface area contributed by atoms with E-state index in [1.165, 1.54) is 10.9 Å². The van der Waals surface area contributed by atoms with Crippen molar-refractivity contribution in [2.24, 2.45) is 0 Å². The smallest absolute Gasteiger partial charge is 0.246 e. The van der Waals surface area contributed by atoms with Crippen LogP contribution in [0.15, 0.2) is 30.6 Å². The van der Waals surface area contributed by atoms with E-state index in [1.54, 1.807) is 31.5 Å². The van der Waals surface area contributed by atoms with Crippen molar-refractivity contribution in [3.05, 3.63) is 30.6 Å². The molecule has 0 saturated heterocycles. The van der Waals surface area contributed by atoms with Gasteiger partial charge in [-0.1, -0.05) is 5.21 Å². The molecule has 0 radical (unpaired) electrons. The molecule has 0 aliphatic carbocycles. The van der Waals surface area contributed by atoms with Crippen molar-refractivity contribution in [1.29, 1.82) is 0 Å². The average molecular weight is 247 g/mol. The van der Waals surface area contributed by atoms with E-state index in [4.69, 9.17) is 10.5 Å². The second kappa shape index (κ2) is 5.17. The van der Waals surface area contributed by atoms with Crippen LogP contribution in [0.4, 0.5) is 11.4 Å². The second-order valence-electron chi connectivity index (χ2n) is 3.60. The van der Waals surface area contributed by atoms with Gasteiger partial charge in [0.15, 0.2) is 0 Å². The van der Waals surface area contributed by atoms with Gasteiger partial charge < -0.3 is 15.8 Å². The summed E-state index contributed by atoms with van der Waals surface area (Å²) in [6, 6.07) is 5.06. The number of anilines is 2. The molecule has 0 aliphatic rings. The first-order chi connectivity index (χ1) is 8.69. The van der Waals surface area contributed by atoms with Gasteiger partial charge >= 0.3 is 0 Å². The number of ether oxygens (including phenoxy) is 1. The normalized spacial score (nSPS) is 10.1. The lowest BCUT2D eigenvalue weighted by Crippen LogP contribution is -2.19. The maximum atomic E-state index is 11.7. The Hall–Kier alpha value is -2.57. The Balaban J connectivity index is 2.06. The number of nitrogens with zero attached hydrogens (tertiary/aromatic N) is 3. The monoisotopic (exact) mass is 247 g/mol. The van der Waals surface area contributed by atoms with Gasteiger partial charge in [0.05, 0.1) is 24.7 Å². The molecule has 1 aromatic heterocycles. The number of nitrogens with two attached hydrogens (primary N) is 1. The highest BCUT2D eigenvalue weighted by Crippen LogP contribution is 2.24. The summed E-state index contributed by atoms with van der Waals surface area (Å²) in [6.07, 6.45) is 3.11. The van der Waals surface area contributed by atoms with E-state index < -0.39 is 0 Å². The van der Waals surface area contributed by atoms with Gasteiger partial charge in [-0.2, -0.15) is 0 Å². The Bertz CT molecular complexity index is 538. The first-order valence-electron chi connectivity index (χ1n) is 5.26. The fraction of sp³-hybridized carbons (Fsp3) is 0.182. The zero-order valence-corrected chi connectivity index (χ0v) is 9.83. The highest BCUT2D eigenvalue weighted by Gasteiger charge is 2.07. The van der Waals surface area contributed by atoms with E-state index in [0.29, 0.717) is 17.1 Å². The lowest BCUT2D eigenvalue weighted by molar-refractivity contribution is -0.116. The summed E-state index contributed by atoms with van der Waals surface area (Å²) in [6.45, 7) is 0.0800. The number of hydrogen-bond acceptors (Lipinski definition) is 5. The number of nitrogen functional groups attached to an aromatic ring is 1. The highest BCUT2D eigenvalue weighted by molar-refractivity contribution is 5.93. The molecular formula is C11H13N5O2. The summed E-state index contributed by atoms with van der Waals surface area (Å²) in [5.41, 5.74) is 6.75. The van der Waals surface area contributed by atoms with Gasteiger partial charge in [0.25, 0.3) is 0 Å². The van der Waals surface area contributed by atoms with Crippen LogP contribution in [0.2, 0.25) is 0 Å². The van der Waals surface area contributed by atoms with Crippen molar-refractivity contribution >= 4 is 17.3 Å². The van der Waals surface area contributed by atoms with Crippen molar-refractivity contribution in [3.8, 4) is 5.75 Å². The third-order valence-electron chi connectivity index (χ3n) is 2.31. The van der Waals surface area contributed by atoms with Crippen LogP contribution in [-0.4, -0.2) is 28.0 Å². The number of methoxy groups -OCH3 is 1. The fourth-order valence-corrected chi connectivity index (χ4v) is 1.42. The van der Waals surface area contributed by atoms with Crippen LogP contribution in [0.25, 0.3) is 0 Å². The number of hydrogen-bond donors (Lipinski definition) is 2. The van der Waals surface area contributed by atoms with E-state index in [0.717, 1.165) is 0 Å². The first kappa shape index (κ1) is 11.9. The fourth-order valence-electron chi connectivity index (χ4n) is 1.42. The van der Waals surface area contributed by atoms with Crippen LogP contribution >= 0.6 is 0 Å². The molecule has 0 bridgehead atoms. The predicted molar refractivity (Wildman–Crippen MR) is 66.1 cm³/mol. The number of carbonyl (C=O) groups is 1. The van der Waals surface area contributed by atoms with Crippen molar-refractivity contribution < 1.29 is 9.53 Å². The molecule has 1 amide bonds. The van der Waals surface area contributed by atoms with Crippen molar-refractivity contribution in [3.63, 3.8) is 0 Å². The maximum Gasteiger partial charge on any atom is 0.246 e. The van der Waals surface area contributed by atoms with Crippen molar-refractivity contribution in [1.82, 2.24) is 15.0 Å². The summed E-state index contributed by atoms with van der Waals surface area (Å²) in [5.74, 6) is 0.390. The molecule has 1 heterocycles. The Morgan fingerprint density at radius 2 is 2.39 bits per heavy atom. The van der Waals surface area contributed by atoms with Gasteiger partial charge in [-0.25, -0.2) is 4.68 Å². The van der Waals surface area contributed by atoms with Crippen molar-refractivity contribution in [2.75, 3.05) is 18.2 Å². The molecular weight excluding hydrogens is 234 g/mol. The van der Waals surface area contributed by atoms with Gasteiger partial charge in [0.2, 0.25) is 5.91 Å². The number of benzene rings is 1. The lowest BCUT2D eigenvalue weighted by Gasteiger charge is -2.09. The van der Waals surface area contributed by atoms with E-state index in [9.17, 15) is 4.79 Å². The molecule has 3 N–H and O–H groups in total. The minimum atomic E-state index is -0.236. The van der Waals surface area contributed by atoms with E-state index in [2.05, 4.69) is 15.6 Å². The van der Waals surface area contributed by atoms with Crippen LogP contribution in [-0.2, 0) is 11.3 Å². The molecule has 0 unspecified atom stereocenters. The van der Waals surface area contributed by atoms with E-state index in [-0.39, 0.29) is 12.5 Å². The van der Waals surface area contributed by atoms with Gasteiger partial charge in [-0.3, -0.25) is 4.79 Å². The van der Waals surface area contributed by atoms with Crippen LogP contribution in [0.1, 0.15) is 0 Å². The van der Waals surface area contributed by atoms with Crippen LogP contribution < -0.4 is 15.8 Å². The van der Waals surface area contributed by atoms with Gasteiger partial charge in [-0.15, -0.1) is 5.10 Å². The maximum absolute atomic E-state index is 11.7. The summed E-state index contributed by atoms with van der Waals surface area (Å²) >= 11 is 0. The standard InChI is InChI=1S/C11H13N5O2/c1-18-8-2-3-9(12)10(6-8)14-11(17)7-16-5-4-13-15-16/h2-6H,7,12H2,1H3,(H,14,17). The Kier molecular flexibility index (Phi) is 3.42. The van der Waals surface area contributed by atoms with E-state index >= 15 is 0 Å². The zero-order chi connectivity index (χ0) is 13.0. The summed E-state index contributed by atoms with van der Waals surface area (Å²) < 4.78 is 6.49. The number of rotatable bonds is 4. The number of nitrogens with one attached hydrogen (secondary N) is 1. The Labute approximate surface area is 104 Å². The van der Waals surface area contributed by atoms with Crippen LogP contribution in [0, 0.1) is 0 Å². The molecule has 94 valence electrons. The average Bonchev–Trinajstić information content (AvgIpc) is 2.84. The molecule has 0 atom stereocenters. The number of carbonyl (C=O) groups excluding carboxylic acids is 1. The third-order valence-corrected chi connectivity index (χ3v) is 2.31. The first-order valence-corrected chi connectivity index (χ1v) is 5.26. The Morgan fingerprint density at radius 1 is 1.56 bits per heavy atom. The summed E-state index contributed by atoms with van der Waals surface area (Å²) in [7, 11) is 1.55. The zero-order valence-electron chi connectivity index (χ0n) is 9.83. The topological polar surface area (TPSA) is 95.1 Å². The minimum absolute atomic E-state index is 0.0800. The summed E-state index contributed by atoms with van der Waals surface area (Å²) in [4.78, 5) is 11.7. The van der Waals surface area contributed by atoms with Crippen LogP contribution in [0.3, 0.4) is 0 Å². The molecule has 2 aromatic rings. The predicted octanol–water partition coefficient (Wildman–Crippen LogP) is 0.508. The quantitative estimate of drug-likeness (QED) is 0.767. The molecule has 0 spiro atoms.